The third-order valence-corrected chi connectivity index (χ3v) is 6.39. The smallest absolute Gasteiger partial charge is 0.223 e. The van der Waals surface area contributed by atoms with Crippen molar-refractivity contribution in [1.82, 2.24) is 5.32 Å². The second kappa shape index (κ2) is 5.57. The first-order valence-electron chi connectivity index (χ1n) is 6.74. The van der Waals surface area contributed by atoms with Crippen molar-refractivity contribution in [1.29, 1.82) is 0 Å². The van der Waals surface area contributed by atoms with Crippen molar-refractivity contribution >= 4 is 15.7 Å². The second-order valence-corrected chi connectivity index (χ2v) is 7.89. The monoisotopic (exact) mass is 274 g/mol. The Morgan fingerprint density at radius 3 is 2.39 bits per heavy atom. The van der Waals surface area contributed by atoms with E-state index in [2.05, 4.69) is 5.32 Å². The van der Waals surface area contributed by atoms with Gasteiger partial charge in [-0.1, -0.05) is 0 Å². The average molecular weight is 274 g/mol. The predicted octanol–water partition coefficient (Wildman–Crippen LogP) is 0.197. The minimum Gasteiger partial charge on any atom is -0.355 e. The van der Waals surface area contributed by atoms with Crippen LogP contribution in [0.3, 0.4) is 0 Å². The highest BCUT2D eigenvalue weighted by atomic mass is 32.2. The van der Waals surface area contributed by atoms with Gasteiger partial charge >= 0.3 is 0 Å². The summed E-state index contributed by atoms with van der Waals surface area (Å²) in [5.41, 5.74) is 5.80. The minimum atomic E-state index is -2.96. The SMILES string of the molecule is NC1CCC(C(=O)NCC2CCCS2(=O)=O)CC1. The lowest BCUT2D eigenvalue weighted by Crippen LogP contribution is -2.40. The quantitative estimate of drug-likeness (QED) is 0.769. The number of amides is 1. The zero-order valence-electron chi connectivity index (χ0n) is 10.6. The lowest BCUT2D eigenvalue weighted by atomic mass is 9.86. The van der Waals surface area contributed by atoms with Gasteiger partial charge in [-0.05, 0) is 38.5 Å². The molecular formula is C12H22N2O3S. The normalized spacial score (nSPS) is 35.3. The molecule has 18 heavy (non-hydrogen) atoms. The molecule has 2 fully saturated rings. The topological polar surface area (TPSA) is 89.3 Å². The first-order valence-corrected chi connectivity index (χ1v) is 8.45. The van der Waals surface area contributed by atoms with E-state index in [0.29, 0.717) is 6.42 Å². The molecule has 1 aliphatic heterocycles. The van der Waals surface area contributed by atoms with E-state index in [4.69, 9.17) is 5.73 Å². The summed E-state index contributed by atoms with van der Waals surface area (Å²) in [6.07, 6.45) is 4.83. The van der Waals surface area contributed by atoms with Crippen molar-refractivity contribution < 1.29 is 13.2 Å². The van der Waals surface area contributed by atoms with Crippen LogP contribution in [-0.2, 0) is 14.6 Å². The van der Waals surface area contributed by atoms with Crippen molar-refractivity contribution in [3.63, 3.8) is 0 Å². The summed E-state index contributed by atoms with van der Waals surface area (Å²) in [6.45, 7) is 0.281. The number of carbonyl (C=O) groups excluding carboxylic acids is 1. The molecule has 104 valence electrons. The van der Waals surface area contributed by atoms with Gasteiger partial charge in [0.2, 0.25) is 5.91 Å². The van der Waals surface area contributed by atoms with Gasteiger partial charge in [0.05, 0.1) is 11.0 Å². The van der Waals surface area contributed by atoms with Crippen molar-refractivity contribution in [2.75, 3.05) is 12.3 Å². The molecule has 0 aromatic rings. The van der Waals surface area contributed by atoms with E-state index in [9.17, 15) is 13.2 Å². The lowest BCUT2D eigenvalue weighted by molar-refractivity contribution is -0.125. The molecule has 1 aliphatic carbocycles. The fourth-order valence-corrected chi connectivity index (χ4v) is 4.59. The van der Waals surface area contributed by atoms with E-state index in [1.807, 2.05) is 0 Å². The zero-order valence-corrected chi connectivity index (χ0v) is 11.4. The van der Waals surface area contributed by atoms with Crippen LogP contribution in [0.15, 0.2) is 0 Å². The van der Waals surface area contributed by atoms with Crippen LogP contribution in [0.5, 0.6) is 0 Å². The highest BCUT2D eigenvalue weighted by Crippen LogP contribution is 2.24. The molecular weight excluding hydrogens is 252 g/mol. The molecule has 5 nitrogen and oxygen atoms in total. The molecule has 2 aliphatic rings. The molecule has 1 atom stereocenters. The van der Waals surface area contributed by atoms with Gasteiger partial charge in [-0.25, -0.2) is 8.42 Å². The van der Waals surface area contributed by atoms with Crippen LogP contribution in [0, 0.1) is 5.92 Å². The Bertz CT molecular complexity index is 400. The van der Waals surface area contributed by atoms with Gasteiger partial charge in [0, 0.05) is 18.5 Å². The van der Waals surface area contributed by atoms with E-state index >= 15 is 0 Å². The maximum atomic E-state index is 11.9. The van der Waals surface area contributed by atoms with Crippen molar-refractivity contribution in [2.24, 2.45) is 11.7 Å². The Balaban J connectivity index is 1.78. The number of hydrogen-bond donors (Lipinski definition) is 2. The van der Waals surface area contributed by atoms with Gasteiger partial charge in [0.1, 0.15) is 0 Å². The minimum absolute atomic E-state index is 0.00370. The maximum absolute atomic E-state index is 11.9. The number of hydrogen-bond acceptors (Lipinski definition) is 4. The van der Waals surface area contributed by atoms with E-state index in [1.165, 1.54) is 0 Å². The van der Waals surface area contributed by atoms with Gasteiger partial charge in [0.15, 0.2) is 9.84 Å². The Morgan fingerprint density at radius 2 is 1.83 bits per heavy atom. The third kappa shape index (κ3) is 3.23. The molecule has 2 rings (SSSR count). The zero-order chi connectivity index (χ0) is 13.2. The predicted molar refractivity (Wildman–Crippen MR) is 69.8 cm³/mol. The molecule has 1 heterocycles. The summed E-state index contributed by atoms with van der Waals surface area (Å²) >= 11 is 0. The van der Waals surface area contributed by atoms with Crippen LogP contribution in [0.4, 0.5) is 0 Å². The van der Waals surface area contributed by atoms with Gasteiger partial charge in [-0.15, -0.1) is 0 Å². The molecule has 1 unspecified atom stereocenters. The average Bonchev–Trinajstić information content (AvgIpc) is 2.66. The molecule has 6 heteroatoms. The van der Waals surface area contributed by atoms with Crippen LogP contribution in [0.25, 0.3) is 0 Å². The summed E-state index contributed by atoms with van der Waals surface area (Å²) in [5.74, 6) is 0.296. The number of nitrogens with two attached hydrogens (primary N) is 1. The lowest BCUT2D eigenvalue weighted by Gasteiger charge is -2.25. The molecule has 1 saturated carbocycles. The molecule has 0 bridgehead atoms. The third-order valence-electron chi connectivity index (χ3n) is 4.11. The van der Waals surface area contributed by atoms with Crippen molar-refractivity contribution in [2.45, 2.75) is 49.8 Å². The molecule has 1 amide bonds. The van der Waals surface area contributed by atoms with Crippen LogP contribution < -0.4 is 11.1 Å². The van der Waals surface area contributed by atoms with Crippen LogP contribution in [0.1, 0.15) is 38.5 Å². The molecule has 0 aromatic carbocycles. The number of rotatable bonds is 3. The maximum Gasteiger partial charge on any atom is 0.223 e. The van der Waals surface area contributed by atoms with Crippen LogP contribution in [0.2, 0.25) is 0 Å². The van der Waals surface area contributed by atoms with E-state index < -0.39 is 9.84 Å². The van der Waals surface area contributed by atoms with Crippen molar-refractivity contribution in [3.05, 3.63) is 0 Å². The molecule has 0 spiro atoms. The number of nitrogens with one attached hydrogen (secondary N) is 1. The summed E-state index contributed by atoms with van der Waals surface area (Å²) in [7, 11) is -2.96. The molecule has 1 saturated heterocycles. The van der Waals surface area contributed by atoms with Gasteiger partial charge in [0.25, 0.3) is 0 Å². The van der Waals surface area contributed by atoms with E-state index in [0.717, 1.165) is 32.1 Å². The van der Waals surface area contributed by atoms with Gasteiger partial charge < -0.3 is 11.1 Å². The standard InChI is InChI=1S/C12H22N2O3S/c13-10-5-3-9(4-6-10)12(15)14-8-11-2-1-7-18(11,16)17/h9-11H,1-8,13H2,(H,14,15). The second-order valence-electron chi connectivity index (χ2n) is 5.49. The first-order chi connectivity index (χ1) is 8.49. The number of carbonyl (C=O) groups is 1. The fraction of sp³-hybridized carbons (Fsp3) is 0.917. The van der Waals surface area contributed by atoms with Crippen molar-refractivity contribution in [3.8, 4) is 0 Å². The number of sulfone groups is 1. The highest BCUT2D eigenvalue weighted by molar-refractivity contribution is 7.92. The Morgan fingerprint density at radius 1 is 1.17 bits per heavy atom. The summed E-state index contributed by atoms with van der Waals surface area (Å²) in [6, 6.07) is 0.226. The summed E-state index contributed by atoms with van der Waals surface area (Å²) in [4.78, 5) is 11.9. The largest absolute Gasteiger partial charge is 0.355 e. The Hall–Kier alpha value is -0.620. The molecule has 3 N–H and O–H groups in total. The van der Waals surface area contributed by atoms with Crippen LogP contribution in [-0.4, -0.2) is 37.9 Å². The van der Waals surface area contributed by atoms with E-state index in [-0.39, 0.29) is 35.4 Å². The Kier molecular flexibility index (Phi) is 4.27. The summed E-state index contributed by atoms with van der Waals surface area (Å²) < 4.78 is 23.3. The van der Waals surface area contributed by atoms with E-state index in [1.54, 1.807) is 0 Å². The van der Waals surface area contributed by atoms with Gasteiger partial charge in [-0.3, -0.25) is 4.79 Å². The Labute approximate surface area is 108 Å². The molecule has 0 aromatic heterocycles. The molecule has 0 radical (unpaired) electrons. The fourth-order valence-electron chi connectivity index (χ4n) is 2.83. The van der Waals surface area contributed by atoms with Crippen LogP contribution >= 0.6 is 0 Å². The highest BCUT2D eigenvalue weighted by Gasteiger charge is 2.32. The first kappa shape index (κ1) is 13.8. The van der Waals surface area contributed by atoms with Gasteiger partial charge in [-0.2, -0.15) is 0 Å². The summed E-state index contributed by atoms with van der Waals surface area (Å²) in [5, 5.41) is 2.44.